The van der Waals surface area contributed by atoms with Gasteiger partial charge >= 0.3 is 5.97 Å². The summed E-state index contributed by atoms with van der Waals surface area (Å²) >= 11 is 0. The third kappa shape index (κ3) is 4.30. The first-order valence-corrected chi connectivity index (χ1v) is 5.93. The van der Waals surface area contributed by atoms with Crippen molar-refractivity contribution in [3.63, 3.8) is 0 Å². The molecule has 1 N–H and O–H groups in total. The zero-order valence-electron chi connectivity index (χ0n) is 10.6. The van der Waals surface area contributed by atoms with Crippen molar-refractivity contribution in [2.75, 3.05) is 0 Å². The molecule has 4 heteroatoms. The van der Waals surface area contributed by atoms with Gasteiger partial charge < -0.3 is 14.6 Å². The van der Waals surface area contributed by atoms with Crippen molar-refractivity contribution in [2.45, 2.75) is 38.4 Å². The molecule has 18 heavy (non-hydrogen) atoms. The minimum atomic E-state index is -0.944. The van der Waals surface area contributed by atoms with Crippen LogP contribution in [0.5, 0.6) is 0 Å². The molecule has 0 saturated heterocycles. The highest BCUT2D eigenvalue weighted by atomic mass is 16.5. The number of aliphatic carboxylic acids is 1. The predicted molar refractivity (Wildman–Crippen MR) is 67.5 cm³/mol. The maximum absolute atomic E-state index is 11.3. The number of carboxylic acids is 1. The fraction of sp³-hybridized carbons (Fsp3) is 0.429. The van der Waals surface area contributed by atoms with Crippen LogP contribution in [0.15, 0.2) is 30.3 Å². The summed E-state index contributed by atoms with van der Waals surface area (Å²) in [5.41, 5.74) is 0.684. The lowest BCUT2D eigenvalue weighted by Gasteiger charge is -2.19. The van der Waals surface area contributed by atoms with Gasteiger partial charge in [-0.3, -0.25) is 4.79 Å². The molecule has 1 aromatic carbocycles. The molecular formula is C14H18O4. The molecule has 2 unspecified atom stereocenters. The number of hydrogen-bond donors (Lipinski definition) is 1. The second kappa shape index (κ2) is 6.91. The van der Waals surface area contributed by atoms with E-state index in [0.29, 0.717) is 11.8 Å². The Morgan fingerprint density at radius 2 is 1.94 bits per heavy atom. The van der Waals surface area contributed by atoms with Gasteiger partial charge in [0.05, 0.1) is 12.0 Å². The first-order valence-electron chi connectivity index (χ1n) is 5.93. The molecular weight excluding hydrogens is 232 g/mol. The Kier molecular flexibility index (Phi) is 5.52. The number of aldehydes is 1. The summed E-state index contributed by atoms with van der Waals surface area (Å²) in [6, 6.07) is 8.88. The van der Waals surface area contributed by atoms with Crippen molar-refractivity contribution >= 4 is 12.3 Å². The fourth-order valence-electron chi connectivity index (χ4n) is 1.79. The van der Waals surface area contributed by atoms with Crippen molar-refractivity contribution in [1.82, 2.24) is 0 Å². The molecule has 0 aliphatic rings. The lowest BCUT2D eigenvalue weighted by molar-refractivity contribution is -0.140. The highest BCUT2D eigenvalue weighted by molar-refractivity contribution is 5.76. The number of ether oxygens (including phenoxy) is 1. The molecule has 4 nitrogen and oxygen atoms in total. The van der Waals surface area contributed by atoms with Crippen LogP contribution < -0.4 is 0 Å². The van der Waals surface area contributed by atoms with E-state index in [2.05, 4.69) is 0 Å². The molecule has 0 spiro atoms. The molecule has 0 radical (unpaired) electrons. The molecule has 0 fully saturated rings. The van der Waals surface area contributed by atoms with Gasteiger partial charge in [0, 0.05) is 0 Å². The van der Waals surface area contributed by atoms with Gasteiger partial charge in [-0.2, -0.15) is 0 Å². The summed E-state index contributed by atoms with van der Waals surface area (Å²) in [6.07, 6.45) is 0.0247. The standard InChI is InChI=1S/C14H18O4/c1-10(2)18-12(9-15)8-13(14(16)17)11-6-4-3-5-7-11/h3-7,9-10,12-13H,8H2,1-2H3,(H,16,17). The van der Waals surface area contributed by atoms with Crippen molar-refractivity contribution < 1.29 is 19.4 Å². The summed E-state index contributed by atoms with van der Waals surface area (Å²) < 4.78 is 5.37. The Bertz CT molecular complexity index is 386. The molecule has 0 bridgehead atoms. The largest absolute Gasteiger partial charge is 0.481 e. The number of carboxylic acid groups (broad SMARTS) is 1. The van der Waals surface area contributed by atoms with E-state index in [1.165, 1.54) is 0 Å². The maximum Gasteiger partial charge on any atom is 0.311 e. The predicted octanol–water partition coefficient (Wildman–Crippen LogP) is 2.24. The SMILES string of the molecule is CC(C)OC(C=O)CC(C(=O)O)c1ccccc1. The van der Waals surface area contributed by atoms with Gasteiger partial charge in [0.15, 0.2) is 0 Å². The van der Waals surface area contributed by atoms with E-state index in [-0.39, 0.29) is 12.5 Å². The summed E-state index contributed by atoms with van der Waals surface area (Å²) in [7, 11) is 0. The minimum Gasteiger partial charge on any atom is -0.481 e. The van der Waals surface area contributed by atoms with E-state index in [4.69, 9.17) is 4.74 Å². The Morgan fingerprint density at radius 1 is 1.33 bits per heavy atom. The van der Waals surface area contributed by atoms with E-state index < -0.39 is 18.0 Å². The molecule has 0 aliphatic heterocycles. The van der Waals surface area contributed by atoms with Gasteiger partial charge in [-0.1, -0.05) is 30.3 Å². The molecule has 98 valence electrons. The Balaban J connectivity index is 2.80. The zero-order valence-corrected chi connectivity index (χ0v) is 10.6. The average molecular weight is 250 g/mol. The lowest BCUT2D eigenvalue weighted by atomic mass is 9.93. The fourth-order valence-corrected chi connectivity index (χ4v) is 1.79. The molecule has 0 amide bonds. The second-order valence-corrected chi connectivity index (χ2v) is 4.40. The van der Waals surface area contributed by atoms with Crippen LogP contribution in [-0.4, -0.2) is 29.6 Å². The summed E-state index contributed by atoms with van der Waals surface area (Å²) in [5.74, 6) is -1.67. The van der Waals surface area contributed by atoms with Crippen LogP contribution in [0.2, 0.25) is 0 Å². The number of carbonyl (C=O) groups is 2. The highest BCUT2D eigenvalue weighted by Gasteiger charge is 2.24. The Hall–Kier alpha value is -1.68. The van der Waals surface area contributed by atoms with Crippen molar-refractivity contribution in [3.8, 4) is 0 Å². The van der Waals surface area contributed by atoms with E-state index in [9.17, 15) is 14.7 Å². The van der Waals surface area contributed by atoms with Crippen LogP contribution in [0.25, 0.3) is 0 Å². The highest BCUT2D eigenvalue weighted by Crippen LogP contribution is 2.22. The van der Waals surface area contributed by atoms with Crippen LogP contribution >= 0.6 is 0 Å². The molecule has 0 aliphatic carbocycles. The molecule has 1 rings (SSSR count). The van der Waals surface area contributed by atoms with Gasteiger partial charge in [0.25, 0.3) is 0 Å². The van der Waals surface area contributed by atoms with Gasteiger partial charge in [-0.05, 0) is 25.8 Å². The average Bonchev–Trinajstić information content (AvgIpc) is 2.34. The maximum atomic E-state index is 11.3. The summed E-state index contributed by atoms with van der Waals surface area (Å²) in [5, 5.41) is 9.23. The third-order valence-electron chi connectivity index (χ3n) is 2.57. The summed E-state index contributed by atoms with van der Waals surface area (Å²) in [4.78, 5) is 22.2. The van der Waals surface area contributed by atoms with Gasteiger partial charge in [0.2, 0.25) is 0 Å². The second-order valence-electron chi connectivity index (χ2n) is 4.40. The van der Waals surface area contributed by atoms with E-state index >= 15 is 0 Å². The minimum absolute atomic E-state index is 0.106. The Labute approximate surface area is 107 Å². The van der Waals surface area contributed by atoms with Crippen LogP contribution in [0.1, 0.15) is 31.7 Å². The monoisotopic (exact) mass is 250 g/mol. The van der Waals surface area contributed by atoms with Gasteiger partial charge in [-0.25, -0.2) is 0 Å². The molecule has 0 heterocycles. The molecule has 0 saturated carbocycles. The van der Waals surface area contributed by atoms with Crippen LogP contribution in [-0.2, 0) is 14.3 Å². The van der Waals surface area contributed by atoms with Crippen LogP contribution in [0.3, 0.4) is 0 Å². The number of hydrogen-bond acceptors (Lipinski definition) is 3. The van der Waals surface area contributed by atoms with Gasteiger partial charge in [0.1, 0.15) is 12.4 Å². The van der Waals surface area contributed by atoms with Crippen LogP contribution in [0.4, 0.5) is 0 Å². The number of benzene rings is 1. The van der Waals surface area contributed by atoms with E-state index in [1.54, 1.807) is 24.3 Å². The summed E-state index contributed by atoms with van der Waals surface area (Å²) in [6.45, 7) is 3.63. The van der Waals surface area contributed by atoms with Gasteiger partial charge in [-0.15, -0.1) is 0 Å². The normalized spacial score (nSPS) is 14.2. The Morgan fingerprint density at radius 3 is 2.39 bits per heavy atom. The molecule has 0 aromatic heterocycles. The lowest BCUT2D eigenvalue weighted by Crippen LogP contribution is -2.25. The quantitative estimate of drug-likeness (QED) is 0.754. The van der Waals surface area contributed by atoms with E-state index in [0.717, 1.165) is 0 Å². The molecule has 2 atom stereocenters. The topological polar surface area (TPSA) is 63.6 Å². The number of rotatable bonds is 7. The third-order valence-corrected chi connectivity index (χ3v) is 2.57. The first-order chi connectivity index (χ1) is 8.54. The number of carbonyl (C=O) groups excluding carboxylic acids is 1. The molecule has 1 aromatic rings. The van der Waals surface area contributed by atoms with Crippen molar-refractivity contribution in [1.29, 1.82) is 0 Å². The van der Waals surface area contributed by atoms with E-state index in [1.807, 2.05) is 19.9 Å². The van der Waals surface area contributed by atoms with Crippen molar-refractivity contribution in [2.24, 2.45) is 0 Å². The first kappa shape index (κ1) is 14.4. The van der Waals surface area contributed by atoms with Crippen molar-refractivity contribution in [3.05, 3.63) is 35.9 Å². The zero-order chi connectivity index (χ0) is 13.5. The smallest absolute Gasteiger partial charge is 0.311 e. The van der Waals surface area contributed by atoms with Crippen LogP contribution in [0, 0.1) is 0 Å².